The first-order valence-corrected chi connectivity index (χ1v) is 15.9. The van der Waals surface area contributed by atoms with Crippen LogP contribution in [0.15, 0.2) is 58.4 Å². The SMILES string of the molecule is CCOc1cc(CN2CCC(Nc3nc4cc(NS(=O)(=O)c5cn(C)cn5)ccc4o3)CC2)cc(OCC(C)(C)CO)c1. The number of aromatic nitrogens is 3. The van der Waals surface area contributed by atoms with Gasteiger partial charge in [0.05, 0.1) is 31.8 Å². The number of aliphatic hydroxyl groups is 1. The summed E-state index contributed by atoms with van der Waals surface area (Å²) in [6.45, 7) is 9.47. The van der Waals surface area contributed by atoms with Crippen molar-refractivity contribution < 1.29 is 27.4 Å². The molecule has 5 rings (SSSR count). The van der Waals surface area contributed by atoms with E-state index in [-0.39, 0.29) is 23.1 Å². The number of rotatable bonds is 13. The van der Waals surface area contributed by atoms with E-state index in [0.29, 0.717) is 36.0 Å². The van der Waals surface area contributed by atoms with Crippen LogP contribution in [0.4, 0.5) is 11.7 Å². The number of oxazole rings is 1. The van der Waals surface area contributed by atoms with Gasteiger partial charge in [0.25, 0.3) is 16.0 Å². The van der Waals surface area contributed by atoms with Crippen LogP contribution in [0, 0.1) is 5.41 Å². The zero-order valence-corrected chi connectivity index (χ0v) is 25.9. The molecule has 3 heterocycles. The molecule has 2 aromatic carbocycles. The van der Waals surface area contributed by atoms with E-state index in [2.05, 4.69) is 31.0 Å². The average Bonchev–Trinajstić information content (AvgIpc) is 3.59. The van der Waals surface area contributed by atoms with Gasteiger partial charge in [-0.15, -0.1) is 0 Å². The third-order valence-corrected chi connectivity index (χ3v) is 8.49. The van der Waals surface area contributed by atoms with Gasteiger partial charge in [0.2, 0.25) is 0 Å². The van der Waals surface area contributed by atoms with Gasteiger partial charge >= 0.3 is 0 Å². The fourth-order valence-corrected chi connectivity index (χ4v) is 5.87. The molecule has 232 valence electrons. The van der Waals surface area contributed by atoms with Crippen LogP contribution in [-0.2, 0) is 23.6 Å². The van der Waals surface area contributed by atoms with Crippen molar-refractivity contribution in [2.45, 2.75) is 51.2 Å². The number of hydrogen-bond acceptors (Lipinski definition) is 10. The van der Waals surface area contributed by atoms with Gasteiger partial charge in [-0.1, -0.05) is 13.8 Å². The van der Waals surface area contributed by atoms with E-state index in [0.717, 1.165) is 49.5 Å². The molecule has 3 N–H and O–H groups in total. The molecule has 0 radical (unpaired) electrons. The van der Waals surface area contributed by atoms with Gasteiger partial charge in [0.1, 0.15) is 17.0 Å². The van der Waals surface area contributed by atoms with E-state index in [4.69, 9.17) is 13.9 Å². The van der Waals surface area contributed by atoms with E-state index < -0.39 is 10.0 Å². The van der Waals surface area contributed by atoms with Gasteiger partial charge in [-0.2, -0.15) is 13.4 Å². The topological polar surface area (TPSA) is 144 Å². The van der Waals surface area contributed by atoms with Gasteiger partial charge in [-0.05, 0) is 55.7 Å². The molecule has 1 aliphatic heterocycles. The van der Waals surface area contributed by atoms with Crippen LogP contribution < -0.4 is 19.5 Å². The van der Waals surface area contributed by atoms with Crippen molar-refractivity contribution in [3.63, 3.8) is 0 Å². The first kappa shape index (κ1) is 30.6. The molecule has 0 unspecified atom stereocenters. The quantitative estimate of drug-likeness (QED) is 0.201. The minimum Gasteiger partial charge on any atom is -0.494 e. The van der Waals surface area contributed by atoms with Crippen LogP contribution in [0.2, 0.25) is 0 Å². The van der Waals surface area contributed by atoms with E-state index >= 15 is 0 Å². The Morgan fingerprint density at radius 2 is 1.86 bits per heavy atom. The van der Waals surface area contributed by atoms with Crippen LogP contribution in [0.5, 0.6) is 11.5 Å². The standard InChI is InChI=1S/C30H40N6O6S/c1-5-40-24-12-21(13-25(15-24)41-19-30(2,3)18-37)16-36-10-8-22(9-11-36)32-29-33-26-14-23(6-7-27(26)42-29)34-43(38,39)28-17-35(4)20-31-28/h6-7,12-15,17,20,22,34,37H,5,8-11,16,18-19H2,1-4H3,(H,32,33). The van der Waals surface area contributed by atoms with Crippen LogP contribution >= 0.6 is 0 Å². The van der Waals surface area contributed by atoms with Gasteiger partial charge in [-0.3, -0.25) is 9.62 Å². The summed E-state index contributed by atoms with van der Waals surface area (Å²) in [6, 6.07) is 11.6. The summed E-state index contributed by atoms with van der Waals surface area (Å²) < 4.78 is 47.1. The summed E-state index contributed by atoms with van der Waals surface area (Å²) >= 11 is 0. The third kappa shape index (κ3) is 7.98. The lowest BCUT2D eigenvalue weighted by Gasteiger charge is -2.32. The fraction of sp³-hybridized carbons (Fsp3) is 0.467. The fourth-order valence-electron chi connectivity index (χ4n) is 4.84. The molecule has 1 fully saturated rings. The zero-order valence-electron chi connectivity index (χ0n) is 25.0. The zero-order chi connectivity index (χ0) is 30.6. The van der Waals surface area contributed by atoms with Gasteiger partial charge < -0.3 is 28.9 Å². The maximum Gasteiger partial charge on any atom is 0.295 e. The molecule has 13 heteroatoms. The number of anilines is 2. The summed E-state index contributed by atoms with van der Waals surface area (Å²) in [5.74, 6) is 1.51. The smallest absolute Gasteiger partial charge is 0.295 e. The molecule has 1 saturated heterocycles. The molecule has 0 saturated carbocycles. The monoisotopic (exact) mass is 612 g/mol. The number of aliphatic hydroxyl groups excluding tert-OH is 1. The first-order chi connectivity index (χ1) is 20.5. The highest BCUT2D eigenvalue weighted by atomic mass is 32.2. The Balaban J connectivity index is 1.17. The van der Waals surface area contributed by atoms with Crippen molar-refractivity contribution in [1.29, 1.82) is 0 Å². The molecule has 12 nitrogen and oxygen atoms in total. The summed E-state index contributed by atoms with van der Waals surface area (Å²) in [5.41, 5.74) is 2.28. The van der Waals surface area contributed by atoms with E-state index in [1.807, 2.05) is 32.9 Å². The van der Waals surface area contributed by atoms with Crippen LogP contribution in [-0.4, -0.2) is 71.9 Å². The third-order valence-electron chi connectivity index (χ3n) is 7.23. The Morgan fingerprint density at radius 3 is 2.53 bits per heavy atom. The summed E-state index contributed by atoms with van der Waals surface area (Å²) in [5, 5.41) is 12.9. The second-order valence-electron chi connectivity index (χ2n) is 11.7. The highest BCUT2D eigenvalue weighted by molar-refractivity contribution is 7.92. The second kappa shape index (κ2) is 12.8. The van der Waals surface area contributed by atoms with Crippen molar-refractivity contribution in [3.8, 4) is 11.5 Å². The largest absolute Gasteiger partial charge is 0.494 e. The van der Waals surface area contributed by atoms with Crippen molar-refractivity contribution in [2.24, 2.45) is 12.5 Å². The maximum absolute atomic E-state index is 12.6. The number of nitrogens with zero attached hydrogens (tertiary/aromatic N) is 4. The number of aryl methyl sites for hydroxylation is 1. The molecule has 0 spiro atoms. The van der Waals surface area contributed by atoms with Crippen LogP contribution in [0.1, 0.15) is 39.2 Å². The predicted molar refractivity (Wildman–Crippen MR) is 164 cm³/mol. The Labute approximate surface area is 252 Å². The highest BCUT2D eigenvalue weighted by Gasteiger charge is 2.23. The van der Waals surface area contributed by atoms with Crippen LogP contribution in [0.25, 0.3) is 11.1 Å². The summed E-state index contributed by atoms with van der Waals surface area (Å²) in [7, 11) is -2.10. The number of piperidine rings is 1. The lowest BCUT2D eigenvalue weighted by molar-refractivity contribution is 0.0973. The molecule has 43 heavy (non-hydrogen) atoms. The number of imidazole rings is 1. The molecule has 0 aliphatic carbocycles. The molecular weight excluding hydrogens is 572 g/mol. The number of fused-ring (bicyclic) bond motifs is 1. The number of nitrogens with one attached hydrogen (secondary N) is 2. The number of benzene rings is 2. The van der Waals surface area contributed by atoms with Crippen molar-refractivity contribution in [1.82, 2.24) is 19.4 Å². The number of likely N-dealkylation sites (tertiary alicyclic amines) is 1. The van der Waals surface area contributed by atoms with Crippen molar-refractivity contribution in [3.05, 3.63) is 54.5 Å². The molecule has 0 atom stereocenters. The van der Waals surface area contributed by atoms with E-state index in [1.54, 1.807) is 29.8 Å². The average molecular weight is 613 g/mol. The van der Waals surface area contributed by atoms with Gasteiger partial charge in [0.15, 0.2) is 10.6 Å². The minimum atomic E-state index is -3.81. The lowest BCUT2D eigenvalue weighted by Crippen LogP contribution is -2.38. The lowest BCUT2D eigenvalue weighted by atomic mass is 9.96. The van der Waals surface area contributed by atoms with Crippen molar-refractivity contribution in [2.75, 3.05) is 42.9 Å². The highest BCUT2D eigenvalue weighted by Crippen LogP contribution is 2.28. The Hall–Kier alpha value is -3.81. The Kier molecular flexibility index (Phi) is 9.13. The van der Waals surface area contributed by atoms with Gasteiger partial charge in [-0.25, -0.2) is 4.98 Å². The summed E-state index contributed by atoms with van der Waals surface area (Å²) in [6.07, 6.45) is 4.70. The van der Waals surface area contributed by atoms with E-state index in [9.17, 15) is 13.5 Å². The van der Waals surface area contributed by atoms with Crippen molar-refractivity contribution >= 4 is 32.8 Å². The predicted octanol–water partition coefficient (Wildman–Crippen LogP) is 4.23. The summed E-state index contributed by atoms with van der Waals surface area (Å²) in [4.78, 5) is 10.9. The first-order valence-electron chi connectivity index (χ1n) is 14.4. The molecule has 0 bridgehead atoms. The number of ether oxygens (including phenoxy) is 2. The number of hydrogen-bond donors (Lipinski definition) is 3. The molecule has 2 aromatic heterocycles. The maximum atomic E-state index is 12.6. The van der Waals surface area contributed by atoms with E-state index in [1.165, 1.54) is 12.5 Å². The number of sulfonamides is 1. The second-order valence-corrected chi connectivity index (χ2v) is 13.4. The molecule has 1 aliphatic rings. The minimum absolute atomic E-state index is 0.0484. The molecular formula is C30H40N6O6S. The normalized spacial score (nSPS) is 15.1. The van der Waals surface area contributed by atoms with Crippen LogP contribution in [0.3, 0.4) is 0 Å². The Bertz CT molecular complexity index is 1640. The Morgan fingerprint density at radius 1 is 1.12 bits per heavy atom. The molecule has 0 amide bonds. The van der Waals surface area contributed by atoms with Gasteiger partial charge in [0, 0.05) is 50.4 Å². The molecule has 4 aromatic rings.